The van der Waals surface area contributed by atoms with Crippen LogP contribution in [0.25, 0.3) is 0 Å². The molecule has 2 aromatic rings. The van der Waals surface area contributed by atoms with Crippen molar-refractivity contribution in [2.45, 2.75) is 38.6 Å². The van der Waals surface area contributed by atoms with E-state index in [-0.39, 0.29) is 35.2 Å². The first kappa shape index (κ1) is 23.4. The quantitative estimate of drug-likeness (QED) is 0.349. The summed E-state index contributed by atoms with van der Waals surface area (Å²) in [6.45, 7) is 7.67. The van der Waals surface area contributed by atoms with Crippen molar-refractivity contribution in [3.8, 4) is 0 Å². The third-order valence-electron chi connectivity index (χ3n) is 5.23. The maximum absolute atomic E-state index is 13.6. The smallest absolute Gasteiger partial charge is 0.191 e. The molecule has 0 atom stereocenters. The minimum absolute atomic E-state index is 0. The fourth-order valence-corrected chi connectivity index (χ4v) is 3.41. The Morgan fingerprint density at radius 1 is 1.17 bits per heavy atom. The number of aliphatic imine (C=N–C) groups is 1. The Hall–Kier alpha value is -1.90. The van der Waals surface area contributed by atoms with Crippen molar-refractivity contribution in [1.82, 2.24) is 15.6 Å². The number of anilines is 1. The van der Waals surface area contributed by atoms with Crippen molar-refractivity contribution in [1.29, 1.82) is 0 Å². The molecular formula is C22H31FIN5. The van der Waals surface area contributed by atoms with Gasteiger partial charge in [-0.15, -0.1) is 24.0 Å². The highest BCUT2D eigenvalue weighted by Gasteiger charge is 2.21. The highest BCUT2D eigenvalue weighted by Crippen LogP contribution is 2.23. The number of nitrogens with zero attached hydrogens (tertiary/aromatic N) is 3. The number of aromatic nitrogens is 1. The zero-order valence-corrected chi connectivity index (χ0v) is 19.7. The molecule has 1 aromatic heterocycles. The molecule has 1 saturated heterocycles. The fourth-order valence-electron chi connectivity index (χ4n) is 3.41. The predicted octanol–water partition coefficient (Wildman–Crippen LogP) is 4.08. The Morgan fingerprint density at radius 2 is 1.93 bits per heavy atom. The zero-order valence-electron chi connectivity index (χ0n) is 17.4. The van der Waals surface area contributed by atoms with E-state index in [0.29, 0.717) is 13.1 Å². The van der Waals surface area contributed by atoms with Crippen molar-refractivity contribution in [3.05, 3.63) is 59.5 Å². The van der Waals surface area contributed by atoms with E-state index in [1.807, 2.05) is 18.3 Å². The highest BCUT2D eigenvalue weighted by molar-refractivity contribution is 14.0. The summed E-state index contributed by atoms with van der Waals surface area (Å²) >= 11 is 0. The largest absolute Gasteiger partial charge is 0.357 e. The second-order valence-corrected chi connectivity index (χ2v) is 7.89. The Kier molecular flexibility index (Phi) is 8.67. The van der Waals surface area contributed by atoms with Crippen molar-refractivity contribution in [2.75, 3.05) is 31.6 Å². The first-order chi connectivity index (χ1) is 13.5. The number of hydrogen-bond acceptors (Lipinski definition) is 3. The molecule has 1 fully saturated rings. The average Bonchev–Trinajstić information content (AvgIpc) is 3.23. The molecule has 1 aliphatic heterocycles. The normalized spacial score (nSPS) is 14.5. The molecule has 3 rings (SSSR count). The van der Waals surface area contributed by atoms with Crippen LogP contribution in [-0.4, -0.2) is 37.6 Å². The van der Waals surface area contributed by atoms with Gasteiger partial charge in [0.05, 0.1) is 0 Å². The molecule has 0 aliphatic carbocycles. The molecule has 7 heteroatoms. The average molecular weight is 511 g/mol. The number of pyridine rings is 1. The van der Waals surface area contributed by atoms with Crippen LogP contribution in [0, 0.1) is 5.82 Å². The van der Waals surface area contributed by atoms with E-state index < -0.39 is 0 Å². The van der Waals surface area contributed by atoms with Gasteiger partial charge in [-0.3, -0.25) is 4.99 Å². The summed E-state index contributed by atoms with van der Waals surface area (Å²) in [5, 5.41) is 6.72. The number of nitrogens with one attached hydrogen (secondary N) is 2. The van der Waals surface area contributed by atoms with Crippen molar-refractivity contribution in [3.63, 3.8) is 0 Å². The van der Waals surface area contributed by atoms with E-state index >= 15 is 0 Å². The van der Waals surface area contributed by atoms with Crippen molar-refractivity contribution >= 4 is 35.8 Å². The summed E-state index contributed by atoms with van der Waals surface area (Å²) < 4.78 is 13.6. The van der Waals surface area contributed by atoms with Crippen molar-refractivity contribution < 1.29 is 4.39 Å². The predicted molar refractivity (Wildman–Crippen MR) is 129 cm³/mol. The topological polar surface area (TPSA) is 52.6 Å². The van der Waals surface area contributed by atoms with Crippen LogP contribution in [0.2, 0.25) is 0 Å². The van der Waals surface area contributed by atoms with E-state index in [0.717, 1.165) is 30.4 Å². The summed E-state index contributed by atoms with van der Waals surface area (Å²) in [6.07, 6.45) is 4.34. The molecule has 29 heavy (non-hydrogen) atoms. The van der Waals surface area contributed by atoms with Gasteiger partial charge in [-0.25, -0.2) is 9.37 Å². The molecule has 0 amide bonds. The third kappa shape index (κ3) is 6.55. The highest BCUT2D eigenvalue weighted by atomic mass is 127. The van der Waals surface area contributed by atoms with Gasteiger partial charge in [0.25, 0.3) is 0 Å². The molecule has 0 saturated carbocycles. The minimum Gasteiger partial charge on any atom is -0.357 e. The monoisotopic (exact) mass is 511 g/mol. The minimum atomic E-state index is -0.223. The summed E-state index contributed by atoms with van der Waals surface area (Å²) in [5.41, 5.74) is 1.91. The second kappa shape index (κ2) is 10.8. The summed E-state index contributed by atoms with van der Waals surface area (Å²) in [4.78, 5) is 11.1. The van der Waals surface area contributed by atoms with Gasteiger partial charge in [-0.1, -0.05) is 26.0 Å². The molecule has 0 spiro atoms. The van der Waals surface area contributed by atoms with E-state index in [4.69, 9.17) is 0 Å². The van der Waals surface area contributed by atoms with Gasteiger partial charge < -0.3 is 15.5 Å². The number of halogens is 2. The van der Waals surface area contributed by atoms with Gasteiger partial charge in [0, 0.05) is 44.8 Å². The lowest BCUT2D eigenvalue weighted by molar-refractivity contribution is 0.503. The van der Waals surface area contributed by atoms with E-state index in [1.165, 1.54) is 24.5 Å². The van der Waals surface area contributed by atoms with E-state index in [1.54, 1.807) is 19.2 Å². The lowest BCUT2D eigenvalue weighted by Crippen LogP contribution is -2.43. The van der Waals surface area contributed by atoms with E-state index in [2.05, 4.69) is 45.4 Å². The number of benzene rings is 1. The van der Waals surface area contributed by atoms with Gasteiger partial charge >= 0.3 is 0 Å². The number of rotatable bonds is 6. The van der Waals surface area contributed by atoms with Crippen molar-refractivity contribution in [2.24, 2.45) is 4.99 Å². The Morgan fingerprint density at radius 3 is 2.62 bits per heavy atom. The second-order valence-electron chi connectivity index (χ2n) is 7.89. The standard InChI is InChI=1S/C22H30FN5.HI/c1-22(2,18-7-6-8-19(23)14-18)16-27-21(24-3)26-15-17-9-10-25-20(13-17)28-11-4-5-12-28;/h6-10,13-14H,4-5,11-12,15-16H2,1-3H3,(H2,24,26,27);1H. The Labute approximate surface area is 190 Å². The Balaban J connectivity index is 0.00000300. The molecule has 2 N–H and O–H groups in total. The molecule has 5 nitrogen and oxygen atoms in total. The maximum atomic E-state index is 13.6. The van der Waals surface area contributed by atoms with Gasteiger partial charge in [0.15, 0.2) is 5.96 Å². The third-order valence-corrected chi connectivity index (χ3v) is 5.23. The van der Waals surface area contributed by atoms with Gasteiger partial charge in [-0.05, 0) is 48.2 Å². The van der Waals surface area contributed by atoms with Gasteiger partial charge in [0.2, 0.25) is 0 Å². The fraction of sp³-hybridized carbons (Fsp3) is 0.455. The van der Waals surface area contributed by atoms with Gasteiger partial charge in [0.1, 0.15) is 11.6 Å². The SMILES string of the molecule is CN=C(NCc1ccnc(N2CCCC2)c1)NCC(C)(C)c1cccc(F)c1.I. The maximum Gasteiger partial charge on any atom is 0.191 e. The molecule has 2 heterocycles. The van der Waals surface area contributed by atoms with Crippen LogP contribution in [-0.2, 0) is 12.0 Å². The zero-order chi connectivity index (χ0) is 20.0. The van der Waals surface area contributed by atoms with Gasteiger partial charge in [-0.2, -0.15) is 0 Å². The first-order valence-electron chi connectivity index (χ1n) is 9.88. The summed E-state index contributed by atoms with van der Waals surface area (Å²) in [6, 6.07) is 10.9. The number of guanidine groups is 1. The van der Waals surface area contributed by atoms with E-state index in [9.17, 15) is 4.39 Å². The van der Waals surface area contributed by atoms with Crippen LogP contribution >= 0.6 is 24.0 Å². The molecule has 158 valence electrons. The Bertz CT molecular complexity index is 818. The molecule has 0 radical (unpaired) electrons. The van der Waals surface area contributed by atoms with Crippen LogP contribution in [0.15, 0.2) is 47.6 Å². The van der Waals surface area contributed by atoms with Crippen LogP contribution in [0.3, 0.4) is 0 Å². The molecular weight excluding hydrogens is 480 g/mol. The number of hydrogen-bond donors (Lipinski definition) is 2. The lowest BCUT2D eigenvalue weighted by atomic mass is 9.84. The summed E-state index contributed by atoms with van der Waals surface area (Å²) in [7, 11) is 1.76. The molecule has 1 aliphatic rings. The van der Waals surface area contributed by atoms with Crippen LogP contribution in [0.1, 0.15) is 37.8 Å². The van der Waals surface area contributed by atoms with Crippen LogP contribution in [0.5, 0.6) is 0 Å². The lowest BCUT2D eigenvalue weighted by Gasteiger charge is -2.27. The molecule has 0 bridgehead atoms. The first-order valence-corrected chi connectivity index (χ1v) is 9.88. The van der Waals surface area contributed by atoms with Crippen LogP contribution in [0.4, 0.5) is 10.2 Å². The molecule has 0 unspecified atom stereocenters. The summed E-state index contributed by atoms with van der Waals surface area (Å²) in [5.74, 6) is 1.57. The molecule has 1 aromatic carbocycles. The van der Waals surface area contributed by atoms with Crippen LogP contribution < -0.4 is 15.5 Å².